The smallest absolute Gasteiger partial charge is 0.321 e. The van der Waals surface area contributed by atoms with Crippen molar-refractivity contribution in [2.75, 3.05) is 36.4 Å². The molecule has 0 aliphatic carbocycles. The number of unbranched alkanes of at least 4 members (excludes halogenated alkanes) is 1. The molecule has 0 unspecified atom stereocenters. The first-order valence-corrected chi connectivity index (χ1v) is 13.8. The molecule has 1 aliphatic heterocycles. The minimum Gasteiger partial charge on any atom is -0.354 e. The number of aryl methyl sites for hydroxylation is 1. The highest BCUT2D eigenvalue weighted by Gasteiger charge is 2.26. The van der Waals surface area contributed by atoms with Crippen LogP contribution in [0.5, 0.6) is 0 Å². The molecule has 40 heavy (non-hydrogen) atoms. The van der Waals surface area contributed by atoms with Gasteiger partial charge in [-0.05, 0) is 47.9 Å². The molecule has 1 N–H and O–H groups in total. The number of nitrogens with zero attached hydrogens (tertiary/aromatic N) is 5. The lowest BCUT2D eigenvalue weighted by molar-refractivity contribution is 0.215. The number of hydrogen-bond acceptors (Lipinski definition) is 6. The van der Waals surface area contributed by atoms with Crippen molar-refractivity contribution in [1.82, 2.24) is 20.0 Å². The summed E-state index contributed by atoms with van der Waals surface area (Å²) in [5, 5.41) is 10.3. The van der Waals surface area contributed by atoms with Crippen LogP contribution in [0.3, 0.4) is 0 Å². The van der Waals surface area contributed by atoms with Gasteiger partial charge >= 0.3 is 6.03 Å². The van der Waals surface area contributed by atoms with E-state index < -0.39 is 0 Å². The normalized spacial score (nSPS) is 14.1. The molecule has 3 aromatic carbocycles. The van der Waals surface area contributed by atoms with Crippen LogP contribution in [-0.4, -0.2) is 52.2 Å². The highest BCUT2D eigenvalue weighted by atomic mass is 19.1. The second-order valence-corrected chi connectivity index (χ2v) is 10.1. The second kappa shape index (κ2) is 11.3. The maximum Gasteiger partial charge on any atom is 0.321 e. The Morgan fingerprint density at radius 3 is 2.70 bits per heavy atom. The van der Waals surface area contributed by atoms with E-state index in [-0.39, 0.29) is 11.8 Å². The molecule has 6 rings (SSSR count). The largest absolute Gasteiger partial charge is 0.354 e. The van der Waals surface area contributed by atoms with Crippen LogP contribution in [0.15, 0.2) is 71.3 Å². The Labute approximate surface area is 231 Å². The van der Waals surface area contributed by atoms with Gasteiger partial charge in [-0.2, -0.15) is 4.98 Å². The number of rotatable bonds is 6. The summed E-state index contributed by atoms with van der Waals surface area (Å²) in [6.07, 6.45) is 3.52. The summed E-state index contributed by atoms with van der Waals surface area (Å²) >= 11 is 0. The molecular weight excluding hydrogens is 507 g/mol. The average molecular weight is 539 g/mol. The molecule has 2 aromatic heterocycles. The third-order valence-electron chi connectivity index (χ3n) is 7.30. The molecule has 3 heterocycles. The van der Waals surface area contributed by atoms with E-state index in [1.165, 1.54) is 12.1 Å². The van der Waals surface area contributed by atoms with Crippen molar-refractivity contribution in [2.45, 2.75) is 32.6 Å². The number of carbonyl (C=O) groups excluding carboxylic acids is 1. The third kappa shape index (κ3) is 5.32. The molecule has 1 fully saturated rings. The second-order valence-electron chi connectivity index (χ2n) is 10.1. The minimum absolute atomic E-state index is 0.245. The van der Waals surface area contributed by atoms with Crippen molar-refractivity contribution in [3.05, 3.63) is 78.4 Å². The third-order valence-corrected chi connectivity index (χ3v) is 7.30. The van der Waals surface area contributed by atoms with Gasteiger partial charge in [0.15, 0.2) is 0 Å². The van der Waals surface area contributed by atoms with Crippen LogP contribution >= 0.6 is 0 Å². The first-order chi connectivity index (χ1) is 19.6. The van der Waals surface area contributed by atoms with Gasteiger partial charge in [0, 0.05) is 43.9 Å². The number of hydrogen-bond donors (Lipinski definition) is 1. The van der Waals surface area contributed by atoms with Crippen LogP contribution in [0.4, 0.5) is 20.7 Å². The zero-order valence-electron chi connectivity index (χ0n) is 22.4. The molecule has 2 amide bonds. The molecule has 0 saturated carbocycles. The van der Waals surface area contributed by atoms with Crippen LogP contribution < -0.4 is 10.2 Å². The topological polar surface area (TPSA) is 87.4 Å². The van der Waals surface area contributed by atoms with Crippen molar-refractivity contribution >= 4 is 39.4 Å². The number of halogens is 1. The first kappa shape index (κ1) is 25.7. The van der Waals surface area contributed by atoms with E-state index in [1.807, 2.05) is 12.1 Å². The summed E-state index contributed by atoms with van der Waals surface area (Å²) < 4.78 is 19.4. The molecule has 1 saturated heterocycles. The van der Waals surface area contributed by atoms with E-state index in [0.717, 1.165) is 59.0 Å². The summed E-state index contributed by atoms with van der Waals surface area (Å²) in [4.78, 5) is 26.7. The highest BCUT2D eigenvalue weighted by molar-refractivity contribution is 6.00. The number of urea groups is 1. The number of aromatic nitrogens is 3. The fraction of sp³-hybridized carbons (Fsp3) is 0.290. The Balaban J connectivity index is 1.32. The zero-order valence-corrected chi connectivity index (χ0v) is 22.4. The maximum atomic E-state index is 13.6. The van der Waals surface area contributed by atoms with E-state index in [9.17, 15) is 9.18 Å². The van der Waals surface area contributed by atoms with Crippen molar-refractivity contribution in [2.24, 2.45) is 0 Å². The lowest BCUT2D eigenvalue weighted by Crippen LogP contribution is -2.38. The number of amides is 2. The fourth-order valence-electron chi connectivity index (χ4n) is 5.19. The number of benzene rings is 3. The van der Waals surface area contributed by atoms with Gasteiger partial charge in [0.25, 0.3) is 5.71 Å². The van der Waals surface area contributed by atoms with Gasteiger partial charge in [0.05, 0.1) is 0 Å². The summed E-state index contributed by atoms with van der Waals surface area (Å²) in [5.74, 6) is 1.13. The van der Waals surface area contributed by atoms with Crippen molar-refractivity contribution in [3.8, 4) is 11.3 Å². The minimum atomic E-state index is -0.387. The Hall–Kier alpha value is -4.53. The predicted molar refractivity (Wildman–Crippen MR) is 155 cm³/mol. The van der Waals surface area contributed by atoms with Crippen LogP contribution in [-0.2, 0) is 6.42 Å². The summed E-state index contributed by atoms with van der Waals surface area (Å²) in [7, 11) is 0. The van der Waals surface area contributed by atoms with E-state index in [2.05, 4.69) is 52.6 Å². The van der Waals surface area contributed by atoms with Gasteiger partial charge in [0.1, 0.15) is 28.5 Å². The Morgan fingerprint density at radius 2 is 1.85 bits per heavy atom. The van der Waals surface area contributed by atoms with Gasteiger partial charge in [-0.1, -0.05) is 61.0 Å². The standard InChI is InChI=1S/C31H31FN6O2/c1-2-3-12-26-34-29(37-15-7-16-38(18-17-37)31(39)33-25-11-6-10-24(32)20-25)27-28(36-40-30(27)35-26)23-14-13-21-8-4-5-9-22(21)19-23/h4-6,8-11,13-14,19-20H,2-3,7,12,15-18H2,1H3,(H,33,39). The molecule has 0 radical (unpaired) electrons. The number of fused-ring (bicyclic) bond motifs is 2. The Morgan fingerprint density at radius 1 is 0.975 bits per heavy atom. The van der Waals surface area contributed by atoms with E-state index >= 15 is 0 Å². The van der Waals surface area contributed by atoms with E-state index in [0.29, 0.717) is 43.3 Å². The van der Waals surface area contributed by atoms with Crippen LogP contribution in [0.2, 0.25) is 0 Å². The molecule has 204 valence electrons. The SMILES string of the molecule is CCCCc1nc(N2CCCN(C(=O)Nc3cccc(F)c3)CC2)c2c(-c3ccc4ccccc4c3)noc2n1. The van der Waals surface area contributed by atoms with Crippen molar-refractivity contribution < 1.29 is 13.7 Å². The molecule has 1 aliphatic rings. The Kier molecular flexibility index (Phi) is 7.27. The average Bonchev–Trinajstić information content (AvgIpc) is 3.24. The summed E-state index contributed by atoms with van der Waals surface area (Å²) in [6, 6.07) is 20.2. The van der Waals surface area contributed by atoms with Gasteiger partial charge in [-0.15, -0.1) is 0 Å². The van der Waals surface area contributed by atoms with Gasteiger partial charge in [0.2, 0.25) is 0 Å². The molecule has 9 heteroatoms. The van der Waals surface area contributed by atoms with Crippen molar-refractivity contribution in [3.63, 3.8) is 0 Å². The van der Waals surface area contributed by atoms with E-state index in [1.54, 1.807) is 17.0 Å². The van der Waals surface area contributed by atoms with Crippen LogP contribution in [0.1, 0.15) is 32.0 Å². The Bertz CT molecular complexity index is 1670. The van der Waals surface area contributed by atoms with Crippen LogP contribution in [0, 0.1) is 5.82 Å². The molecular formula is C31H31FN6O2. The molecule has 8 nitrogen and oxygen atoms in total. The van der Waals surface area contributed by atoms with Crippen LogP contribution in [0.25, 0.3) is 33.1 Å². The van der Waals surface area contributed by atoms with Gasteiger partial charge in [-0.3, -0.25) is 0 Å². The van der Waals surface area contributed by atoms with Gasteiger partial charge in [-0.25, -0.2) is 14.2 Å². The molecule has 0 atom stereocenters. The maximum absolute atomic E-state index is 13.6. The number of anilines is 2. The number of nitrogens with one attached hydrogen (secondary N) is 1. The lowest BCUT2D eigenvalue weighted by Gasteiger charge is -2.24. The monoisotopic (exact) mass is 538 g/mol. The quantitative estimate of drug-likeness (QED) is 0.260. The molecule has 0 bridgehead atoms. The van der Waals surface area contributed by atoms with E-state index in [4.69, 9.17) is 14.5 Å². The zero-order chi connectivity index (χ0) is 27.5. The molecule has 5 aromatic rings. The first-order valence-electron chi connectivity index (χ1n) is 13.8. The lowest BCUT2D eigenvalue weighted by atomic mass is 10.0. The number of carbonyl (C=O) groups is 1. The summed E-state index contributed by atoms with van der Waals surface area (Å²) in [5.41, 5.74) is 2.56. The summed E-state index contributed by atoms with van der Waals surface area (Å²) in [6.45, 7) is 4.51. The van der Waals surface area contributed by atoms with Crippen molar-refractivity contribution in [1.29, 1.82) is 0 Å². The fourth-order valence-corrected chi connectivity index (χ4v) is 5.19. The predicted octanol–water partition coefficient (Wildman–Crippen LogP) is 6.66. The van der Waals surface area contributed by atoms with Gasteiger partial charge < -0.3 is 19.6 Å². The highest BCUT2D eigenvalue weighted by Crippen LogP contribution is 2.35. The molecule has 0 spiro atoms.